The van der Waals surface area contributed by atoms with Crippen LogP contribution in [0.2, 0.25) is 0 Å². The van der Waals surface area contributed by atoms with E-state index in [0.717, 1.165) is 22.3 Å². The van der Waals surface area contributed by atoms with Crippen LogP contribution in [0, 0.1) is 17.8 Å². The summed E-state index contributed by atoms with van der Waals surface area (Å²) in [4.78, 5) is 38.3. The van der Waals surface area contributed by atoms with Gasteiger partial charge in [0.05, 0.1) is 11.8 Å². The van der Waals surface area contributed by atoms with Gasteiger partial charge in [-0.1, -0.05) is 62.4 Å². The molecule has 2 unspecified atom stereocenters. The number of carboxylic acids is 1. The van der Waals surface area contributed by atoms with E-state index in [2.05, 4.69) is 29.6 Å². The number of carbonyl (C=O) groups is 3. The van der Waals surface area contributed by atoms with Gasteiger partial charge in [-0.2, -0.15) is 0 Å². The van der Waals surface area contributed by atoms with E-state index < -0.39 is 29.9 Å². The molecule has 0 spiro atoms. The van der Waals surface area contributed by atoms with Crippen LogP contribution in [-0.4, -0.2) is 53.7 Å². The van der Waals surface area contributed by atoms with Gasteiger partial charge in [0, 0.05) is 25.0 Å². The van der Waals surface area contributed by atoms with Crippen molar-refractivity contribution in [2.24, 2.45) is 17.8 Å². The molecule has 1 saturated heterocycles. The Bertz CT molecular complexity index is 1020. The molecule has 1 aliphatic carbocycles. The Labute approximate surface area is 193 Å². The maximum absolute atomic E-state index is 12.9. The summed E-state index contributed by atoms with van der Waals surface area (Å²) in [6.45, 7) is 6.18. The molecular weight excluding hydrogens is 420 g/mol. The maximum Gasteiger partial charge on any atom is 0.407 e. The van der Waals surface area contributed by atoms with Crippen molar-refractivity contribution in [3.63, 3.8) is 0 Å². The van der Waals surface area contributed by atoms with Crippen LogP contribution in [0.4, 0.5) is 4.79 Å². The van der Waals surface area contributed by atoms with Crippen LogP contribution in [-0.2, 0) is 14.3 Å². The zero-order chi connectivity index (χ0) is 23.7. The van der Waals surface area contributed by atoms with Crippen LogP contribution < -0.4 is 5.32 Å². The molecular formula is C26H30N2O5. The zero-order valence-electron chi connectivity index (χ0n) is 19.2. The van der Waals surface area contributed by atoms with Gasteiger partial charge in [0.2, 0.25) is 5.91 Å². The summed E-state index contributed by atoms with van der Waals surface area (Å²) in [6.07, 6.45) is -0.567. The third-order valence-electron chi connectivity index (χ3n) is 7.07. The molecule has 0 radical (unpaired) electrons. The largest absolute Gasteiger partial charge is 0.481 e. The summed E-state index contributed by atoms with van der Waals surface area (Å²) in [5.41, 5.74) is 4.60. The zero-order valence-corrected chi connectivity index (χ0v) is 19.2. The molecule has 174 valence electrons. The number of amides is 2. The molecule has 0 aromatic heterocycles. The second kappa shape index (κ2) is 9.25. The fourth-order valence-electron chi connectivity index (χ4n) is 4.92. The van der Waals surface area contributed by atoms with Gasteiger partial charge in [0.25, 0.3) is 0 Å². The first-order valence-electron chi connectivity index (χ1n) is 11.4. The highest BCUT2D eigenvalue weighted by Gasteiger charge is 2.39. The van der Waals surface area contributed by atoms with E-state index in [-0.39, 0.29) is 30.9 Å². The number of carbonyl (C=O) groups excluding carboxylic acids is 2. The Morgan fingerprint density at radius 2 is 1.61 bits per heavy atom. The third-order valence-corrected chi connectivity index (χ3v) is 7.07. The molecule has 1 heterocycles. The minimum Gasteiger partial charge on any atom is -0.481 e. The number of hydrogen-bond acceptors (Lipinski definition) is 4. The Morgan fingerprint density at radius 3 is 2.15 bits per heavy atom. The number of nitrogens with zero attached hydrogens (tertiary/aromatic N) is 1. The molecule has 1 fully saturated rings. The highest BCUT2D eigenvalue weighted by molar-refractivity contribution is 5.82. The Balaban J connectivity index is 1.34. The molecule has 0 bridgehead atoms. The molecule has 2 aliphatic rings. The summed E-state index contributed by atoms with van der Waals surface area (Å²) < 4.78 is 5.58. The highest BCUT2D eigenvalue weighted by Crippen LogP contribution is 2.44. The lowest BCUT2D eigenvalue weighted by Gasteiger charge is -2.26. The average Bonchev–Trinajstić information content (AvgIpc) is 3.35. The van der Waals surface area contributed by atoms with Crippen LogP contribution in [0.25, 0.3) is 11.1 Å². The van der Waals surface area contributed by atoms with Crippen LogP contribution in [0.3, 0.4) is 0 Å². The van der Waals surface area contributed by atoms with E-state index >= 15 is 0 Å². The van der Waals surface area contributed by atoms with Crippen molar-refractivity contribution in [1.82, 2.24) is 10.2 Å². The average molecular weight is 451 g/mol. The quantitative estimate of drug-likeness (QED) is 0.699. The normalized spacial score (nSPS) is 21.1. The third kappa shape index (κ3) is 4.45. The number of aliphatic carboxylic acids is 1. The number of benzene rings is 2. The number of fused-ring (bicyclic) bond motifs is 3. The van der Waals surface area contributed by atoms with E-state index in [9.17, 15) is 19.5 Å². The smallest absolute Gasteiger partial charge is 0.407 e. The number of alkyl carbamates (subject to hydrolysis) is 1. The van der Waals surface area contributed by atoms with Crippen molar-refractivity contribution in [3.8, 4) is 11.1 Å². The SMILES string of the molecule is CC(NC(=O)OCC1c2ccccc2-c2ccccc21)C(C)C(=O)N1C[C@@H](C)[C@H](C(=O)O)C1. The van der Waals surface area contributed by atoms with Crippen molar-refractivity contribution in [1.29, 1.82) is 0 Å². The summed E-state index contributed by atoms with van der Waals surface area (Å²) in [5, 5.41) is 12.1. The van der Waals surface area contributed by atoms with E-state index in [1.807, 2.05) is 31.2 Å². The van der Waals surface area contributed by atoms with E-state index in [0.29, 0.717) is 6.54 Å². The van der Waals surface area contributed by atoms with E-state index in [4.69, 9.17) is 4.74 Å². The van der Waals surface area contributed by atoms with E-state index in [1.54, 1.807) is 18.7 Å². The van der Waals surface area contributed by atoms with Gasteiger partial charge < -0.3 is 20.1 Å². The fourth-order valence-corrected chi connectivity index (χ4v) is 4.92. The lowest BCUT2D eigenvalue weighted by Crippen LogP contribution is -2.45. The number of carboxylic acid groups (broad SMARTS) is 1. The lowest BCUT2D eigenvalue weighted by atomic mass is 9.98. The van der Waals surface area contributed by atoms with Gasteiger partial charge in [-0.3, -0.25) is 9.59 Å². The molecule has 0 saturated carbocycles. The standard InChI is InChI=1S/C26H30N2O5/c1-15-12-28(13-22(15)25(30)31)24(29)16(2)17(3)27-26(32)33-14-23-20-10-6-4-8-18(20)19-9-5-7-11-21(19)23/h4-11,15-17,22-23H,12-14H2,1-3H3,(H,27,32)(H,30,31)/t15-,16?,17?,22-/m1/s1. The first-order chi connectivity index (χ1) is 15.8. The molecule has 7 heteroatoms. The summed E-state index contributed by atoms with van der Waals surface area (Å²) in [7, 11) is 0. The van der Waals surface area contributed by atoms with Gasteiger partial charge in [0.15, 0.2) is 0 Å². The number of likely N-dealkylation sites (tertiary alicyclic amines) is 1. The van der Waals surface area contributed by atoms with Crippen LogP contribution in [0.15, 0.2) is 48.5 Å². The first kappa shape index (κ1) is 22.8. The Hall–Kier alpha value is -3.35. The number of nitrogens with one attached hydrogen (secondary N) is 1. The van der Waals surface area contributed by atoms with Crippen LogP contribution in [0.5, 0.6) is 0 Å². The minimum atomic E-state index is -0.879. The second-order valence-corrected chi connectivity index (χ2v) is 9.21. The molecule has 4 atom stereocenters. The second-order valence-electron chi connectivity index (χ2n) is 9.21. The van der Waals surface area contributed by atoms with E-state index in [1.165, 1.54) is 0 Å². The molecule has 2 N–H and O–H groups in total. The van der Waals surface area contributed by atoms with Crippen molar-refractivity contribution >= 4 is 18.0 Å². The van der Waals surface area contributed by atoms with Crippen LogP contribution >= 0.6 is 0 Å². The molecule has 4 rings (SSSR count). The summed E-state index contributed by atoms with van der Waals surface area (Å²) in [6, 6.07) is 15.8. The van der Waals surface area contributed by atoms with Gasteiger partial charge in [0.1, 0.15) is 6.61 Å². The first-order valence-corrected chi connectivity index (χ1v) is 11.4. The number of hydrogen-bond donors (Lipinski definition) is 2. The van der Waals surface area contributed by atoms with Gasteiger partial charge in [-0.05, 0) is 35.1 Å². The Kier molecular flexibility index (Phi) is 6.40. The molecule has 2 aromatic carbocycles. The van der Waals surface area contributed by atoms with Gasteiger partial charge >= 0.3 is 12.1 Å². The summed E-state index contributed by atoms with van der Waals surface area (Å²) >= 11 is 0. The molecule has 2 amide bonds. The molecule has 2 aromatic rings. The predicted molar refractivity (Wildman–Crippen MR) is 124 cm³/mol. The molecule has 1 aliphatic heterocycles. The van der Waals surface area contributed by atoms with Crippen LogP contribution in [0.1, 0.15) is 37.8 Å². The summed E-state index contributed by atoms with van der Waals surface area (Å²) in [5.74, 6) is -2.20. The highest BCUT2D eigenvalue weighted by atomic mass is 16.5. The predicted octanol–water partition coefficient (Wildman–Crippen LogP) is 3.73. The topological polar surface area (TPSA) is 95.9 Å². The molecule has 7 nitrogen and oxygen atoms in total. The van der Waals surface area contributed by atoms with Crippen molar-refractivity contribution in [2.75, 3.05) is 19.7 Å². The monoisotopic (exact) mass is 450 g/mol. The maximum atomic E-state index is 12.9. The van der Waals surface area contributed by atoms with Gasteiger partial charge in [-0.15, -0.1) is 0 Å². The molecule has 33 heavy (non-hydrogen) atoms. The van der Waals surface area contributed by atoms with Crippen molar-refractivity contribution in [2.45, 2.75) is 32.7 Å². The lowest BCUT2D eigenvalue weighted by molar-refractivity contribution is -0.142. The number of rotatable bonds is 6. The van der Waals surface area contributed by atoms with Crippen molar-refractivity contribution in [3.05, 3.63) is 59.7 Å². The Morgan fingerprint density at radius 1 is 1.03 bits per heavy atom. The fraction of sp³-hybridized carbons (Fsp3) is 0.423. The number of ether oxygens (including phenoxy) is 1. The minimum absolute atomic E-state index is 0.0310. The van der Waals surface area contributed by atoms with Crippen molar-refractivity contribution < 1.29 is 24.2 Å². The van der Waals surface area contributed by atoms with Gasteiger partial charge in [-0.25, -0.2) is 4.79 Å².